The summed E-state index contributed by atoms with van der Waals surface area (Å²) in [6.07, 6.45) is 3.24. The highest BCUT2D eigenvalue weighted by molar-refractivity contribution is 6.35. The van der Waals surface area contributed by atoms with E-state index in [1.54, 1.807) is 12.1 Å². The van der Waals surface area contributed by atoms with Gasteiger partial charge >= 0.3 is 11.8 Å². The average Bonchev–Trinajstić information content (AvgIpc) is 2.91. The number of hydrogen-bond donors (Lipinski definition) is 2. The van der Waals surface area contributed by atoms with Gasteiger partial charge in [0.2, 0.25) is 0 Å². The third-order valence-corrected chi connectivity index (χ3v) is 2.84. The minimum absolute atomic E-state index is 0.114. The fourth-order valence-corrected chi connectivity index (χ4v) is 1.88. The molecule has 1 aromatic rings. The number of phenols is 1. The Morgan fingerprint density at radius 3 is 2.74 bits per heavy atom. The van der Waals surface area contributed by atoms with Crippen molar-refractivity contribution in [3.63, 3.8) is 0 Å². The summed E-state index contributed by atoms with van der Waals surface area (Å²) in [7, 11) is 0. The van der Waals surface area contributed by atoms with Crippen molar-refractivity contribution in [3.05, 3.63) is 29.8 Å². The zero-order valence-corrected chi connectivity index (χ0v) is 10.4. The molecule has 0 spiro atoms. The predicted molar refractivity (Wildman–Crippen MR) is 69.7 cm³/mol. The molecule has 1 aliphatic heterocycles. The van der Waals surface area contributed by atoms with E-state index in [1.165, 1.54) is 23.2 Å². The van der Waals surface area contributed by atoms with Gasteiger partial charge in [-0.3, -0.25) is 9.59 Å². The predicted octanol–water partition coefficient (Wildman–Crippen LogP) is 0.465. The number of rotatable bonds is 2. The van der Waals surface area contributed by atoms with Crippen LogP contribution >= 0.6 is 0 Å². The van der Waals surface area contributed by atoms with Crippen LogP contribution in [0.25, 0.3) is 0 Å². The number of benzene rings is 1. The molecular weight excluding hydrogens is 246 g/mol. The molecule has 1 aromatic carbocycles. The maximum absolute atomic E-state index is 11.6. The van der Waals surface area contributed by atoms with Gasteiger partial charge in [-0.1, -0.05) is 12.1 Å². The van der Waals surface area contributed by atoms with Crippen LogP contribution in [-0.4, -0.2) is 41.1 Å². The van der Waals surface area contributed by atoms with Crippen molar-refractivity contribution in [2.24, 2.45) is 5.10 Å². The van der Waals surface area contributed by atoms with Crippen LogP contribution < -0.4 is 5.43 Å². The van der Waals surface area contributed by atoms with Gasteiger partial charge in [0.1, 0.15) is 5.75 Å². The molecule has 19 heavy (non-hydrogen) atoms. The molecular formula is C13H15N3O3. The molecule has 0 radical (unpaired) electrons. The first-order valence-corrected chi connectivity index (χ1v) is 6.08. The second-order valence-electron chi connectivity index (χ2n) is 4.29. The Labute approximate surface area is 110 Å². The van der Waals surface area contributed by atoms with Gasteiger partial charge in [-0.15, -0.1) is 0 Å². The van der Waals surface area contributed by atoms with Gasteiger partial charge in [-0.25, -0.2) is 5.43 Å². The van der Waals surface area contributed by atoms with E-state index in [4.69, 9.17) is 0 Å². The van der Waals surface area contributed by atoms with Gasteiger partial charge in [0.25, 0.3) is 0 Å². The molecule has 100 valence electrons. The molecule has 0 saturated carbocycles. The number of likely N-dealkylation sites (tertiary alicyclic amines) is 1. The SMILES string of the molecule is O=C(NN=Cc1cccc(O)c1)C(=O)N1CCCC1. The largest absolute Gasteiger partial charge is 0.508 e. The van der Waals surface area contributed by atoms with E-state index in [0.717, 1.165) is 12.8 Å². The second-order valence-corrected chi connectivity index (χ2v) is 4.29. The van der Waals surface area contributed by atoms with E-state index in [-0.39, 0.29) is 5.75 Å². The number of phenolic OH excluding ortho intramolecular Hbond substituents is 1. The summed E-state index contributed by atoms with van der Waals surface area (Å²) in [6.45, 7) is 1.26. The normalized spacial score (nSPS) is 14.8. The summed E-state index contributed by atoms with van der Waals surface area (Å²) in [5, 5.41) is 12.9. The number of hydrogen-bond acceptors (Lipinski definition) is 4. The molecule has 0 atom stereocenters. The fourth-order valence-electron chi connectivity index (χ4n) is 1.88. The molecule has 1 aliphatic rings. The van der Waals surface area contributed by atoms with Gasteiger partial charge < -0.3 is 10.0 Å². The molecule has 1 saturated heterocycles. The monoisotopic (exact) mass is 261 g/mol. The smallest absolute Gasteiger partial charge is 0.329 e. The summed E-state index contributed by atoms with van der Waals surface area (Å²) in [4.78, 5) is 24.7. The first-order valence-electron chi connectivity index (χ1n) is 6.08. The van der Waals surface area contributed by atoms with Crippen molar-refractivity contribution in [2.75, 3.05) is 13.1 Å². The van der Waals surface area contributed by atoms with Gasteiger partial charge in [0.15, 0.2) is 0 Å². The number of carbonyl (C=O) groups is 2. The number of aromatic hydroxyl groups is 1. The number of nitrogens with zero attached hydrogens (tertiary/aromatic N) is 2. The lowest BCUT2D eigenvalue weighted by Crippen LogP contribution is -2.39. The summed E-state index contributed by atoms with van der Waals surface area (Å²) in [5.41, 5.74) is 2.82. The molecule has 0 aliphatic carbocycles. The highest BCUT2D eigenvalue weighted by Gasteiger charge is 2.23. The second kappa shape index (κ2) is 5.99. The van der Waals surface area contributed by atoms with E-state index >= 15 is 0 Å². The highest BCUT2D eigenvalue weighted by Crippen LogP contribution is 2.09. The zero-order chi connectivity index (χ0) is 13.7. The minimum atomic E-state index is -0.738. The van der Waals surface area contributed by atoms with Crippen LogP contribution in [0.3, 0.4) is 0 Å². The standard InChI is InChI=1S/C13H15N3O3/c17-11-5-3-4-10(8-11)9-14-15-12(18)13(19)16-6-1-2-7-16/h3-5,8-9,17H,1-2,6-7H2,(H,15,18). The third-order valence-electron chi connectivity index (χ3n) is 2.84. The molecule has 6 heteroatoms. The van der Waals surface area contributed by atoms with Crippen LogP contribution in [-0.2, 0) is 9.59 Å². The van der Waals surface area contributed by atoms with Crippen LogP contribution in [0.15, 0.2) is 29.4 Å². The number of nitrogens with one attached hydrogen (secondary N) is 1. The molecule has 2 amide bonds. The van der Waals surface area contributed by atoms with Crippen LogP contribution in [0.5, 0.6) is 5.75 Å². The molecule has 2 rings (SSSR count). The maximum atomic E-state index is 11.6. The van der Waals surface area contributed by atoms with E-state index in [9.17, 15) is 14.7 Å². The molecule has 6 nitrogen and oxygen atoms in total. The Balaban J connectivity index is 1.87. The lowest BCUT2D eigenvalue weighted by atomic mass is 10.2. The van der Waals surface area contributed by atoms with Crippen molar-refractivity contribution in [3.8, 4) is 5.75 Å². The van der Waals surface area contributed by atoms with Gasteiger partial charge in [-0.2, -0.15) is 5.10 Å². The van der Waals surface area contributed by atoms with E-state index in [2.05, 4.69) is 10.5 Å². The summed E-state index contributed by atoms with van der Waals surface area (Å²) in [6, 6.07) is 6.41. The van der Waals surface area contributed by atoms with Crippen molar-refractivity contribution >= 4 is 18.0 Å². The molecule has 1 heterocycles. The van der Waals surface area contributed by atoms with E-state index in [0.29, 0.717) is 18.7 Å². The quantitative estimate of drug-likeness (QED) is 0.461. The maximum Gasteiger partial charge on any atom is 0.329 e. The summed E-state index contributed by atoms with van der Waals surface area (Å²) >= 11 is 0. The van der Waals surface area contributed by atoms with Gasteiger partial charge in [0, 0.05) is 13.1 Å². The lowest BCUT2D eigenvalue weighted by molar-refractivity contribution is -0.145. The van der Waals surface area contributed by atoms with Crippen LogP contribution in [0, 0.1) is 0 Å². The van der Waals surface area contributed by atoms with Crippen LogP contribution in [0.2, 0.25) is 0 Å². The lowest BCUT2D eigenvalue weighted by Gasteiger charge is -2.12. The molecule has 0 unspecified atom stereocenters. The van der Waals surface area contributed by atoms with E-state index in [1.807, 2.05) is 0 Å². The topological polar surface area (TPSA) is 82.0 Å². The van der Waals surface area contributed by atoms with Crippen LogP contribution in [0.1, 0.15) is 18.4 Å². The van der Waals surface area contributed by atoms with E-state index < -0.39 is 11.8 Å². The number of carbonyl (C=O) groups excluding carboxylic acids is 2. The summed E-state index contributed by atoms with van der Waals surface area (Å²) in [5.74, 6) is -1.17. The molecule has 1 fully saturated rings. The first kappa shape index (κ1) is 13.1. The van der Waals surface area contributed by atoms with Crippen molar-refractivity contribution in [1.29, 1.82) is 0 Å². The Hall–Kier alpha value is -2.37. The average molecular weight is 261 g/mol. The van der Waals surface area contributed by atoms with Crippen molar-refractivity contribution in [2.45, 2.75) is 12.8 Å². The fraction of sp³-hybridized carbons (Fsp3) is 0.308. The van der Waals surface area contributed by atoms with Crippen molar-refractivity contribution in [1.82, 2.24) is 10.3 Å². The Bertz CT molecular complexity index is 508. The summed E-state index contributed by atoms with van der Waals surface area (Å²) < 4.78 is 0. The Morgan fingerprint density at radius 1 is 1.32 bits per heavy atom. The molecule has 0 aromatic heterocycles. The van der Waals surface area contributed by atoms with Crippen LogP contribution in [0.4, 0.5) is 0 Å². The number of amides is 2. The zero-order valence-electron chi connectivity index (χ0n) is 10.4. The molecule has 0 bridgehead atoms. The van der Waals surface area contributed by atoms with Crippen molar-refractivity contribution < 1.29 is 14.7 Å². The minimum Gasteiger partial charge on any atom is -0.508 e. The van der Waals surface area contributed by atoms with Gasteiger partial charge in [0.05, 0.1) is 6.21 Å². The highest BCUT2D eigenvalue weighted by atomic mass is 16.3. The third kappa shape index (κ3) is 3.54. The Morgan fingerprint density at radius 2 is 2.05 bits per heavy atom. The van der Waals surface area contributed by atoms with Gasteiger partial charge in [-0.05, 0) is 30.5 Å². The number of hydrazone groups is 1. The Kier molecular flexibility index (Phi) is 4.12. The molecule has 2 N–H and O–H groups in total. The first-order chi connectivity index (χ1) is 9.16.